The van der Waals surface area contributed by atoms with Crippen LogP contribution in [-0.2, 0) is 11.3 Å². The van der Waals surface area contributed by atoms with E-state index < -0.39 is 5.54 Å². The van der Waals surface area contributed by atoms with Gasteiger partial charge in [-0.15, -0.1) is 0 Å². The zero-order valence-electron chi connectivity index (χ0n) is 12.7. The molecule has 2 N–H and O–H groups in total. The highest BCUT2D eigenvalue weighted by Crippen LogP contribution is 2.28. The van der Waals surface area contributed by atoms with Crippen molar-refractivity contribution in [2.24, 2.45) is 0 Å². The molecule has 6 heteroatoms. The number of amides is 3. The van der Waals surface area contributed by atoms with E-state index in [1.54, 1.807) is 6.20 Å². The fourth-order valence-electron chi connectivity index (χ4n) is 3.42. The molecule has 118 valence electrons. The van der Waals surface area contributed by atoms with Crippen molar-refractivity contribution in [1.82, 2.24) is 20.5 Å². The summed E-state index contributed by atoms with van der Waals surface area (Å²) in [7, 11) is 0. The van der Waals surface area contributed by atoms with Crippen LogP contribution in [0.2, 0.25) is 0 Å². The summed E-state index contributed by atoms with van der Waals surface area (Å²) in [4.78, 5) is 30.7. The van der Waals surface area contributed by atoms with Gasteiger partial charge >= 0.3 is 6.03 Å². The Labute approximate surface area is 133 Å². The van der Waals surface area contributed by atoms with E-state index in [9.17, 15) is 9.59 Å². The number of urea groups is 1. The molecule has 2 aromatic rings. The molecule has 0 atom stereocenters. The van der Waals surface area contributed by atoms with E-state index in [4.69, 9.17) is 0 Å². The lowest BCUT2D eigenvalue weighted by atomic mass is 9.88. The van der Waals surface area contributed by atoms with E-state index in [-0.39, 0.29) is 11.9 Å². The first-order chi connectivity index (χ1) is 11.2. The number of hydrogen-bond donors (Lipinski definition) is 2. The maximum absolute atomic E-state index is 12.8. The third-order valence-corrected chi connectivity index (χ3v) is 4.71. The van der Waals surface area contributed by atoms with E-state index >= 15 is 0 Å². The van der Waals surface area contributed by atoms with Crippen molar-refractivity contribution in [2.75, 3.05) is 13.1 Å². The number of carbonyl (C=O) groups is 2. The first-order valence-corrected chi connectivity index (χ1v) is 7.86. The first kappa shape index (κ1) is 14.1. The van der Waals surface area contributed by atoms with Gasteiger partial charge in [0, 0.05) is 11.6 Å². The molecular formula is C17H18N4O2. The summed E-state index contributed by atoms with van der Waals surface area (Å²) in [5.74, 6) is -0.102. The number of carbonyl (C=O) groups excluding carboxylic acids is 2. The van der Waals surface area contributed by atoms with Crippen LogP contribution in [0.25, 0.3) is 10.9 Å². The Balaban J connectivity index is 1.60. The van der Waals surface area contributed by atoms with Gasteiger partial charge in [-0.3, -0.25) is 14.7 Å². The van der Waals surface area contributed by atoms with Crippen LogP contribution in [0.1, 0.15) is 18.4 Å². The highest BCUT2D eigenvalue weighted by molar-refractivity contribution is 6.07. The minimum absolute atomic E-state index is 0.102. The average molecular weight is 310 g/mol. The van der Waals surface area contributed by atoms with Crippen LogP contribution in [-0.4, -0.2) is 40.5 Å². The summed E-state index contributed by atoms with van der Waals surface area (Å²) in [6.45, 7) is 1.80. The quantitative estimate of drug-likeness (QED) is 0.823. The Hall–Kier alpha value is -2.47. The average Bonchev–Trinajstić information content (AvgIpc) is 2.80. The second-order valence-corrected chi connectivity index (χ2v) is 6.18. The van der Waals surface area contributed by atoms with Crippen LogP contribution < -0.4 is 10.6 Å². The molecular weight excluding hydrogens is 292 g/mol. The highest BCUT2D eigenvalue weighted by Gasteiger charge is 2.51. The van der Waals surface area contributed by atoms with Crippen molar-refractivity contribution < 1.29 is 9.59 Å². The van der Waals surface area contributed by atoms with Crippen molar-refractivity contribution >= 4 is 22.8 Å². The van der Waals surface area contributed by atoms with Gasteiger partial charge in [-0.05, 0) is 49.7 Å². The second kappa shape index (κ2) is 5.31. The lowest BCUT2D eigenvalue weighted by Crippen LogP contribution is -2.53. The van der Waals surface area contributed by atoms with Crippen LogP contribution >= 0.6 is 0 Å². The van der Waals surface area contributed by atoms with Gasteiger partial charge in [-0.1, -0.05) is 12.1 Å². The smallest absolute Gasteiger partial charge is 0.323 e. The van der Waals surface area contributed by atoms with Crippen LogP contribution in [0.3, 0.4) is 0 Å². The van der Waals surface area contributed by atoms with E-state index in [2.05, 4.69) is 15.6 Å². The standard InChI is InChI=1S/C17H18N4O2/c22-15-17(5-8-18-9-6-17)20-16(23)21(15)11-12-3-4-14-13(10-12)2-1-7-19-14/h1-4,7,10,18H,5-6,8-9,11H2,(H,20,23). The van der Waals surface area contributed by atoms with Gasteiger partial charge in [0.25, 0.3) is 5.91 Å². The number of pyridine rings is 1. The Morgan fingerprint density at radius 3 is 2.83 bits per heavy atom. The van der Waals surface area contributed by atoms with E-state index in [0.717, 1.165) is 29.6 Å². The molecule has 1 aromatic carbocycles. The molecule has 2 fully saturated rings. The van der Waals surface area contributed by atoms with Crippen LogP contribution in [0.5, 0.6) is 0 Å². The number of benzene rings is 1. The summed E-state index contributed by atoms with van der Waals surface area (Å²) < 4.78 is 0. The number of nitrogens with zero attached hydrogens (tertiary/aromatic N) is 2. The lowest BCUT2D eigenvalue weighted by Gasteiger charge is -2.31. The van der Waals surface area contributed by atoms with Crippen LogP contribution in [0.4, 0.5) is 4.79 Å². The monoisotopic (exact) mass is 310 g/mol. The van der Waals surface area contributed by atoms with Gasteiger partial charge in [-0.25, -0.2) is 4.79 Å². The zero-order chi connectivity index (χ0) is 15.9. The van der Waals surface area contributed by atoms with E-state index in [0.29, 0.717) is 19.4 Å². The minimum Gasteiger partial charge on any atom is -0.323 e. The summed E-state index contributed by atoms with van der Waals surface area (Å²) in [5.41, 5.74) is 1.13. The molecule has 6 nitrogen and oxygen atoms in total. The molecule has 0 unspecified atom stereocenters. The second-order valence-electron chi connectivity index (χ2n) is 6.18. The van der Waals surface area contributed by atoms with Crippen LogP contribution in [0.15, 0.2) is 36.5 Å². The van der Waals surface area contributed by atoms with Crippen molar-refractivity contribution in [3.63, 3.8) is 0 Å². The predicted octanol–water partition coefficient (Wildman–Crippen LogP) is 1.41. The van der Waals surface area contributed by atoms with Gasteiger partial charge in [0.15, 0.2) is 0 Å². The topological polar surface area (TPSA) is 74.3 Å². The largest absolute Gasteiger partial charge is 0.325 e. The zero-order valence-corrected chi connectivity index (χ0v) is 12.7. The maximum atomic E-state index is 12.8. The number of piperidine rings is 1. The molecule has 1 spiro atoms. The predicted molar refractivity (Wildman–Crippen MR) is 85.7 cm³/mol. The van der Waals surface area contributed by atoms with Crippen molar-refractivity contribution in [1.29, 1.82) is 0 Å². The van der Waals surface area contributed by atoms with E-state index in [1.165, 1.54) is 4.90 Å². The van der Waals surface area contributed by atoms with Crippen molar-refractivity contribution in [3.05, 3.63) is 42.1 Å². The van der Waals surface area contributed by atoms with Crippen LogP contribution in [0, 0.1) is 0 Å². The summed E-state index contributed by atoms with van der Waals surface area (Å²) in [5, 5.41) is 7.15. The molecule has 2 aliphatic rings. The molecule has 0 bridgehead atoms. The van der Waals surface area contributed by atoms with Gasteiger partial charge in [0.2, 0.25) is 0 Å². The third kappa shape index (κ3) is 2.35. The number of imide groups is 1. The molecule has 3 amide bonds. The number of aromatic nitrogens is 1. The SMILES string of the molecule is O=C1NC2(CCNCC2)C(=O)N1Cc1ccc2ncccc2c1. The molecule has 4 rings (SSSR count). The molecule has 2 saturated heterocycles. The normalized spacial score (nSPS) is 20.3. The Bertz CT molecular complexity index is 783. The minimum atomic E-state index is -0.708. The molecule has 23 heavy (non-hydrogen) atoms. The molecule has 0 saturated carbocycles. The van der Waals surface area contributed by atoms with Gasteiger partial charge < -0.3 is 10.6 Å². The number of nitrogens with one attached hydrogen (secondary N) is 2. The fraction of sp³-hybridized carbons (Fsp3) is 0.353. The molecule has 1 aromatic heterocycles. The number of fused-ring (bicyclic) bond motifs is 1. The summed E-state index contributed by atoms with van der Waals surface area (Å²) >= 11 is 0. The van der Waals surface area contributed by atoms with Crippen molar-refractivity contribution in [3.8, 4) is 0 Å². The lowest BCUT2D eigenvalue weighted by molar-refractivity contribution is -0.132. The number of rotatable bonds is 2. The maximum Gasteiger partial charge on any atom is 0.325 e. The Morgan fingerprint density at radius 1 is 1.17 bits per heavy atom. The van der Waals surface area contributed by atoms with Gasteiger partial charge in [0.05, 0.1) is 12.1 Å². The number of hydrogen-bond acceptors (Lipinski definition) is 4. The molecule has 2 aliphatic heterocycles. The van der Waals surface area contributed by atoms with Gasteiger partial charge in [-0.2, -0.15) is 0 Å². The summed E-state index contributed by atoms with van der Waals surface area (Å²) in [6, 6.07) is 9.39. The molecule has 0 radical (unpaired) electrons. The first-order valence-electron chi connectivity index (χ1n) is 7.86. The molecule has 3 heterocycles. The molecule has 0 aliphatic carbocycles. The summed E-state index contributed by atoms with van der Waals surface area (Å²) in [6.07, 6.45) is 3.05. The Morgan fingerprint density at radius 2 is 2.00 bits per heavy atom. The third-order valence-electron chi connectivity index (χ3n) is 4.71. The van der Waals surface area contributed by atoms with E-state index in [1.807, 2.05) is 30.3 Å². The highest BCUT2D eigenvalue weighted by atomic mass is 16.2. The van der Waals surface area contributed by atoms with Crippen molar-refractivity contribution in [2.45, 2.75) is 24.9 Å². The fourth-order valence-corrected chi connectivity index (χ4v) is 3.42. The van der Waals surface area contributed by atoms with Gasteiger partial charge in [0.1, 0.15) is 5.54 Å². The Kier molecular flexibility index (Phi) is 3.27.